The summed E-state index contributed by atoms with van der Waals surface area (Å²) in [5.41, 5.74) is 1.53. The van der Waals surface area contributed by atoms with Crippen molar-refractivity contribution < 1.29 is 4.79 Å². The first-order valence-corrected chi connectivity index (χ1v) is 8.63. The minimum atomic E-state index is 0.0430. The quantitative estimate of drug-likeness (QED) is 0.869. The summed E-state index contributed by atoms with van der Waals surface area (Å²) in [7, 11) is 0. The fourth-order valence-electron chi connectivity index (χ4n) is 3.57. The van der Waals surface area contributed by atoms with Gasteiger partial charge in [-0.15, -0.1) is 0 Å². The van der Waals surface area contributed by atoms with E-state index in [0.29, 0.717) is 13.1 Å². The molecule has 6 heteroatoms. The van der Waals surface area contributed by atoms with Crippen molar-refractivity contribution in [3.8, 4) is 0 Å². The van der Waals surface area contributed by atoms with E-state index in [0.717, 1.165) is 19.4 Å². The van der Waals surface area contributed by atoms with E-state index in [9.17, 15) is 4.79 Å². The van der Waals surface area contributed by atoms with Gasteiger partial charge in [-0.2, -0.15) is 5.10 Å². The molecule has 0 radical (unpaired) electrons. The zero-order chi connectivity index (χ0) is 16.3. The molecule has 23 heavy (non-hydrogen) atoms. The number of rotatable bonds is 4. The fraction of sp³-hybridized carbons (Fsp3) is 0.706. The largest absolute Gasteiger partial charge is 0.337 e. The highest BCUT2D eigenvalue weighted by atomic mass is 16.2. The molecule has 126 valence electrons. The molecule has 1 aromatic rings. The number of nitrogens with zero attached hydrogens (tertiary/aromatic N) is 4. The van der Waals surface area contributed by atoms with E-state index < -0.39 is 0 Å². The van der Waals surface area contributed by atoms with Crippen molar-refractivity contribution in [2.75, 3.05) is 19.6 Å². The molecule has 2 amide bonds. The van der Waals surface area contributed by atoms with Gasteiger partial charge in [0, 0.05) is 25.0 Å². The number of piperidine rings is 1. The number of urea groups is 1. The third-order valence-corrected chi connectivity index (χ3v) is 5.09. The normalized spacial score (nSPS) is 22.1. The lowest BCUT2D eigenvalue weighted by Crippen LogP contribution is -2.48. The van der Waals surface area contributed by atoms with Crippen LogP contribution in [0.5, 0.6) is 0 Å². The molecule has 6 nitrogen and oxygen atoms in total. The Bertz CT molecular complexity index is 564. The number of carbonyl (C=O) groups excluding carboxylic acids is 1. The first-order chi connectivity index (χ1) is 11.1. The van der Waals surface area contributed by atoms with E-state index >= 15 is 0 Å². The fourth-order valence-corrected chi connectivity index (χ4v) is 3.57. The molecule has 1 aliphatic carbocycles. The first kappa shape index (κ1) is 16.0. The molecule has 3 rings (SSSR count). The third kappa shape index (κ3) is 3.74. The summed E-state index contributed by atoms with van der Waals surface area (Å²) in [6, 6.07) is 0.282. The van der Waals surface area contributed by atoms with Gasteiger partial charge in [0.15, 0.2) is 0 Å². The van der Waals surface area contributed by atoms with Gasteiger partial charge in [-0.25, -0.2) is 14.5 Å². The highest BCUT2D eigenvalue weighted by Crippen LogP contribution is 2.34. The lowest BCUT2D eigenvalue weighted by molar-refractivity contribution is 0.160. The van der Waals surface area contributed by atoms with Crippen LogP contribution in [-0.4, -0.2) is 45.3 Å². The second-order valence-corrected chi connectivity index (χ2v) is 7.28. The van der Waals surface area contributed by atoms with Gasteiger partial charge >= 0.3 is 6.03 Å². The highest BCUT2D eigenvalue weighted by molar-refractivity contribution is 5.74. The van der Waals surface area contributed by atoms with Crippen LogP contribution < -0.4 is 5.32 Å². The van der Waals surface area contributed by atoms with Crippen LogP contribution >= 0.6 is 0 Å². The Labute approximate surface area is 138 Å². The maximum absolute atomic E-state index is 12.5. The number of aromatic nitrogens is 3. The Morgan fingerprint density at radius 2 is 2.30 bits per heavy atom. The van der Waals surface area contributed by atoms with Crippen LogP contribution in [0.15, 0.2) is 24.3 Å². The molecule has 1 aliphatic heterocycles. The summed E-state index contributed by atoms with van der Waals surface area (Å²) in [4.78, 5) is 18.4. The van der Waals surface area contributed by atoms with Crippen LogP contribution in [0.4, 0.5) is 4.79 Å². The van der Waals surface area contributed by atoms with Crippen molar-refractivity contribution >= 4 is 6.03 Å². The van der Waals surface area contributed by atoms with E-state index in [1.807, 2.05) is 9.58 Å². The Hall–Kier alpha value is -1.85. The van der Waals surface area contributed by atoms with E-state index in [2.05, 4.69) is 35.3 Å². The number of carbonyl (C=O) groups is 1. The van der Waals surface area contributed by atoms with Gasteiger partial charge in [0.1, 0.15) is 12.7 Å². The summed E-state index contributed by atoms with van der Waals surface area (Å²) in [5, 5.41) is 7.35. The van der Waals surface area contributed by atoms with Gasteiger partial charge in [-0.3, -0.25) is 0 Å². The molecule has 1 saturated heterocycles. The van der Waals surface area contributed by atoms with Crippen molar-refractivity contribution in [3.63, 3.8) is 0 Å². The second kappa shape index (κ2) is 6.72. The topological polar surface area (TPSA) is 63.1 Å². The smallest absolute Gasteiger partial charge is 0.317 e. The molecule has 2 heterocycles. The Balaban J connectivity index is 1.53. The van der Waals surface area contributed by atoms with Crippen LogP contribution in [0.2, 0.25) is 0 Å². The molecule has 1 atom stereocenters. The number of amides is 2. The highest BCUT2D eigenvalue weighted by Gasteiger charge is 2.28. The van der Waals surface area contributed by atoms with Gasteiger partial charge in [-0.05, 0) is 32.1 Å². The minimum absolute atomic E-state index is 0.0430. The van der Waals surface area contributed by atoms with Gasteiger partial charge < -0.3 is 10.2 Å². The monoisotopic (exact) mass is 317 g/mol. The Kier molecular flexibility index (Phi) is 4.68. The summed E-state index contributed by atoms with van der Waals surface area (Å²) in [5.74, 6) is 0. The molecule has 2 aliphatic rings. The Morgan fingerprint density at radius 3 is 3.00 bits per heavy atom. The van der Waals surface area contributed by atoms with Gasteiger partial charge in [0.05, 0.1) is 6.04 Å². The number of hydrogen-bond acceptors (Lipinski definition) is 3. The molecule has 1 N–H and O–H groups in total. The predicted octanol–water partition coefficient (Wildman–Crippen LogP) is 2.76. The first-order valence-electron chi connectivity index (χ1n) is 8.63. The lowest BCUT2D eigenvalue weighted by atomic mass is 9.83. The summed E-state index contributed by atoms with van der Waals surface area (Å²) in [6.07, 6.45) is 11.3. The zero-order valence-corrected chi connectivity index (χ0v) is 14.2. The van der Waals surface area contributed by atoms with E-state index in [1.165, 1.54) is 24.8 Å². The third-order valence-electron chi connectivity index (χ3n) is 5.09. The zero-order valence-electron chi connectivity index (χ0n) is 14.2. The number of nitrogens with one attached hydrogen (secondary N) is 1. The van der Waals surface area contributed by atoms with Crippen molar-refractivity contribution in [1.82, 2.24) is 25.0 Å². The molecular weight excluding hydrogens is 290 g/mol. The van der Waals surface area contributed by atoms with Crippen molar-refractivity contribution in [3.05, 3.63) is 24.3 Å². The molecule has 1 unspecified atom stereocenters. The van der Waals surface area contributed by atoms with Crippen LogP contribution in [-0.2, 0) is 0 Å². The minimum Gasteiger partial charge on any atom is -0.337 e. The Morgan fingerprint density at radius 1 is 1.43 bits per heavy atom. The van der Waals surface area contributed by atoms with Crippen molar-refractivity contribution in [1.29, 1.82) is 0 Å². The summed E-state index contributed by atoms with van der Waals surface area (Å²) in [6.45, 7) is 6.67. The SMILES string of the molecule is CC(C)(CNC(=O)N1CCCC(n2cncn2)C1)C1=CCCC1. The number of hydrogen-bond donors (Lipinski definition) is 1. The maximum atomic E-state index is 12.5. The van der Waals surface area contributed by atoms with E-state index in [-0.39, 0.29) is 17.5 Å². The molecule has 0 spiro atoms. The molecule has 0 bridgehead atoms. The second-order valence-electron chi connectivity index (χ2n) is 7.28. The van der Waals surface area contributed by atoms with Crippen LogP contribution in [0.1, 0.15) is 52.0 Å². The molecule has 1 fully saturated rings. The molecule has 0 aromatic carbocycles. The van der Waals surface area contributed by atoms with Crippen LogP contribution in [0.3, 0.4) is 0 Å². The molecule has 1 aromatic heterocycles. The summed E-state index contributed by atoms with van der Waals surface area (Å²) >= 11 is 0. The standard InChI is InChI=1S/C17H27N5O/c1-17(2,14-6-3-4-7-14)11-19-16(23)21-9-5-8-15(10-21)22-13-18-12-20-22/h6,12-13,15H,3-5,7-11H2,1-2H3,(H,19,23). The van der Waals surface area contributed by atoms with Crippen LogP contribution in [0.25, 0.3) is 0 Å². The summed E-state index contributed by atoms with van der Waals surface area (Å²) < 4.78 is 1.87. The van der Waals surface area contributed by atoms with Gasteiger partial charge in [-0.1, -0.05) is 25.5 Å². The maximum Gasteiger partial charge on any atom is 0.317 e. The van der Waals surface area contributed by atoms with Gasteiger partial charge in [0.2, 0.25) is 0 Å². The molecular formula is C17H27N5O. The molecule has 0 saturated carbocycles. The van der Waals surface area contributed by atoms with E-state index in [1.54, 1.807) is 12.7 Å². The lowest BCUT2D eigenvalue weighted by Gasteiger charge is -2.34. The number of allylic oxidation sites excluding steroid dienone is 1. The van der Waals surface area contributed by atoms with E-state index in [4.69, 9.17) is 0 Å². The number of likely N-dealkylation sites (tertiary alicyclic amines) is 1. The van der Waals surface area contributed by atoms with Crippen LogP contribution in [0, 0.1) is 5.41 Å². The van der Waals surface area contributed by atoms with Crippen molar-refractivity contribution in [2.45, 2.75) is 52.0 Å². The average molecular weight is 317 g/mol. The van der Waals surface area contributed by atoms with Gasteiger partial charge in [0.25, 0.3) is 0 Å². The average Bonchev–Trinajstić information content (AvgIpc) is 3.25. The predicted molar refractivity (Wildman–Crippen MR) is 89.0 cm³/mol. The van der Waals surface area contributed by atoms with Crippen molar-refractivity contribution in [2.24, 2.45) is 5.41 Å².